The van der Waals surface area contributed by atoms with Gasteiger partial charge in [0.1, 0.15) is 0 Å². The van der Waals surface area contributed by atoms with Gasteiger partial charge in [-0.3, -0.25) is 43.0 Å². The molecular formula is C80H120N12O12S6. The molecule has 110 heavy (non-hydrogen) atoms. The number of thioether (sulfide) groups is 2. The first-order valence-electron chi connectivity index (χ1n) is 37.6. The van der Waals surface area contributed by atoms with Crippen molar-refractivity contribution in [3.05, 3.63) is 122 Å². The van der Waals surface area contributed by atoms with E-state index in [2.05, 4.69) is 132 Å². The van der Waals surface area contributed by atoms with Crippen LogP contribution in [-0.4, -0.2) is 214 Å². The maximum Gasteiger partial charge on any atom is 0.310 e. The molecule has 4 N–H and O–H groups in total. The van der Waals surface area contributed by atoms with E-state index in [1.807, 2.05) is 6.20 Å². The highest BCUT2D eigenvalue weighted by Gasteiger charge is 2.29. The molecule has 2 saturated heterocycles. The number of aryl methyl sites for hydroxylation is 6. The van der Waals surface area contributed by atoms with Crippen molar-refractivity contribution in [2.24, 2.45) is 17.0 Å². The SMILES string of the molecule is C.C.C#CCCCC(=O)NCCN(CCSCCC(=O)O)C(=O)CC.CCC(=O)N(CCNC(=O)CCCc1cn(CCCOC(=O)[C@@H]2CCCN(CCC=C(c3sccc3C)c3sccc3C)C2)nn1)CCSCCC(=O)O.Cc1ccsc1C(=CCCN1CCC[C@@H](C(=O)OCCCN=[N+]=[N-])C1)c1sccc1C. The molecule has 0 aliphatic carbocycles. The van der Waals surface area contributed by atoms with Gasteiger partial charge in [0.05, 0.1) is 43.6 Å². The van der Waals surface area contributed by atoms with Gasteiger partial charge in [-0.15, -0.1) is 62.8 Å². The van der Waals surface area contributed by atoms with Gasteiger partial charge in [-0.05, 0) is 179 Å². The number of azide groups is 1. The van der Waals surface area contributed by atoms with Crippen molar-refractivity contribution in [3.8, 4) is 12.3 Å². The van der Waals surface area contributed by atoms with Crippen LogP contribution in [0.2, 0.25) is 0 Å². The Morgan fingerprint density at radius 1 is 0.636 bits per heavy atom. The van der Waals surface area contributed by atoms with Crippen LogP contribution in [0, 0.1) is 51.9 Å². The lowest BCUT2D eigenvalue weighted by atomic mass is 9.98. The van der Waals surface area contributed by atoms with E-state index >= 15 is 0 Å². The normalized spacial score (nSPS) is 13.8. The number of unbranched alkanes of at least 4 members (excludes halogenated alkanes) is 1. The molecule has 0 saturated carbocycles. The number of thiophene rings is 4. The molecule has 4 amide bonds. The number of carbonyl (C=O) groups is 8. The van der Waals surface area contributed by atoms with Crippen molar-refractivity contribution in [2.45, 2.75) is 179 Å². The monoisotopic (exact) mass is 1630 g/mol. The minimum absolute atomic E-state index is 0. The zero-order chi connectivity index (χ0) is 78.3. The molecule has 30 heteroatoms. The number of hydrogen-bond acceptors (Lipinski definition) is 21. The summed E-state index contributed by atoms with van der Waals surface area (Å²) in [5, 5.41) is 43.5. The number of carboxylic acids is 2. The predicted octanol–water partition coefficient (Wildman–Crippen LogP) is 14.9. The third-order valence-electron chi connectivity index (χ3n) is 18.0. The van der Waals surface area contributed by atoms with Gasteiger partial charge >= 0.3 is 23.9 Å². The lowest BCUT2D eigenvalue weighted by molar-refractivity contribution is -0.151. The number of piperidine rings is 2. The summed E-state index contributed by atoms with van der Waals surface area (Å²) in [5.74, 6) is 2.76. The van der Waals surface area contributed by atoms with Crippen LogP contribution in [0.25, 0.3) is 21.6 Å². The predicted molar refractivity (Wildman–Crippen MR) is 451 cm³/mol. The molecule has 0 unspecified atom stereocenters. The summed E-state index contributed by atoms with van der Waals surface area (Å²) in [5.41, 5.74) is 17.0. The van der Waals surface area contributed by atoms with Crippen LogP contribution in [0.5, 0.6) is 0 Å². The van der Waals surface area contributed by atoms with Crippen LogP contribution < -0.4 is 10.6 Å². The number of nitrogens with zero attached hydrogens (tertiary/aromatic N) is 10. The molecule has 7 rings (SSSR count). The number of hydrogen-bond donors (Lipinski definition) is 4. The third-order valence-corrected chi connectivity index (χ3v) is 24.1. The Bertz CT molecular complexity index is 3630. The number of nitrogens with one attached hydrogen (secondary N) is 2. The standard InChI is InChI=1S/C39H56N6O6S3.C23H30N4O2S2.C16H26N2O4S.2CH4/c1-4-35(47)44(21-26-52-23-15-36(48)49)20-16-40-34(46)12-5-10-32-28-45(42-41-32)19-8-22-51-39(50)31-9-6-17-43(27-31)18-7-11-33(37-29(2)13-24-53-37)38-30(3)14-25-54-38;1-17-8-14-30-21(17)20(22-18(2)9-15-31-22)7-4-12-27-11-3-6-19(16-27)23(28)29-13-5-10-25-26-24;1-3-5-6-7-14(19)17-9-10-18(15(20)4-2)11-13-23-12-8-16(21)22;;/h11,13-14,24-25,28,31H,4-10,12,15-23,26-27H2,1-3H3,(H,40,46)(H,48,49);7-9,14-15,19H,3-6,10-13,16H2,1-2H3;1H,4-13H2,2H3,(H,17,19)(H,21,22);2*1H4/t31-;19-;;;/m11.../s1. The lowest BCUT2D eigenvalue weighted by Crippen LogP contribution is -2.39. The van der Waals surface area contributed by atoms with Gasteiger partial charge in [0.25, 0.3) is 0 Å². The van der Waals surface area contributed by atoms with Gasteiger partial charge in [0, 0.05) is 182 Å². The zero-order valence-electron chi connectivity index (χ0n) is 63.9. The van der Waals surface area contributed by atoms with E-state index in [4.69, 9.17) is 31.6 Å². The highest BCUT2D eigenvalue weighted by molar-refractivity contribution is 7.99. The molecule has 608 valence electrons. The molecule has 2 aliphatic heterocycles. The molecule has 2 aliphatic rings. The molecule has 5 aromatic rings. The van der Waals surface area contributed by atoms with E-state index in [1.54, 1.807) is 73.7 Å². The summed E-state index contributed by atoms with van der Waals surface area (Å²) in [7, 11) is 0. The molecule has 24 nitrogen and oxygen atoms in total. The van der Waals surface area contributed by atoms with Gasteiger partial charge in [0.15, 0.2) is 0 Å². The Labute approximate surface area is 677 Å². The van der Waals surface area contributed by atoms with E-state index in [0.717, 1.165) is 83.5 Å². The largest absolute Gasteiger partial charge is 0.481 e. The van der Waals surface area contributed by atoms with E-state index < -0.39 is 11.9 Å². The highest BCUT2D eigenvalue weighted by Crippen LogP contribution is 2.37. The van der Waals surface area contributed by atoms with Crippen LogP contribution >= 0.6 is 68.9 Å². The Morgan fingerprint density at radius 2 is 1.07 bits per heavy atom. The first kappa shape index (κ1) is 96.9. The fourth-order valence-electron chi connectivity index (χ4n) is 12.1. The summed E-state index contributed by atoms with van der Waals surface area (Å²) >= 11 is 10.2. The van der Waals surface area contributed by atoms with Crippen molar-refractivity contribution in [3.63, 3.8) is 0 Å². The Hall–Kier alpha value is -7.33. The number of aromatic nitrogens is 3. The maximum absolute atomic E-state index is 13.0. The van der Waals surface area contributed by atoms with E-state index in [9.17, 15) is 38.4 Å². The highest BCUT2D eigenvalue weighted by atomic mass is 32.2. The summed E-state index contributed by atoms with van der Waals surface area (Å²) in [6, 6.07) is 8.74. The van der Waals surface area contributed by atoms with E-state index in [0.29, 0.717) is 153 Å². The topological polar surface area (TPSA) is 312 Å². The van der Waals surface area contributed by atoms with Gasteiger partial charge in [-0.1, -0.05) is 51.2 Å². The zero-order valence-corrected chi connectivity index (χ0v) is 68.8. The number of carbonyl (C=O) groups excluding carboxylic acids is 6. The van der Waals surface area contributed by atoms with Gasteiger partial charge in [0.2, 0.25) is 23.6 Å². The third kappa shape index (κ3) is 37.8. The molecule has 2 atom stereocenters. The summed E-state index contributed by atoms with van der Waals surface area (Å²) in [6.45, 7) is 22.1. The molecule has 0 radical (unpaired) electrons. The Kier molecular flexibility index (Phi) is 50.0. The fourth-order valence-corrected chi connectivity index (χ4v) is 17.8. The quantitative estimate of drug-likeness (QED) is 0.00702. The summed E-state index contributed by atoms with van der Waals surface area (Å²) < 4.78 is 12.8. The van der Waals surface area contributed by atoms with Crippen molar-refractivity contribution in [2.75, 3.05) is 121 Å². The lowest BCUT2D eigenvalue weighted by Gasteiger charge is -2.31. The number of ether oxygens (including phenoxy) is 2. The van der Waals surface area contributed by atoms with Crippen LogP contribution in [0.3, 0.4) is 0 Å². The Balaban J connectivity index is 0.000000473. The van der Waals surface area contributed by atoms with Crippen molar-refractivity contribution in [1.29, 1.82) is 0 Å². The number of terminal acetylenes is 1. The molecule has 5 aromatic heterocycles. The number of carboxylic acid groups (broad SMARTS) is 2. The van der Waals surface area contributed by atoms with Crippen molar-refractivity contribution in [1.82, 2.24) is 45.2 Å². The second kappa shape index (κ2) is 56.8. The molecule has 0 aromatic carbocycles. The maximum atomic E-state index is 13.0. The van der Waals surface area contributed by atoms with Crippen LogP contribution in [0.4, 0.5) is 0 Å². The summed E-state index contributed by atoms with van der Waals surface area (Å²) in [4.78, 5) is 111. The fraction of sp³-hybridized carbons (Fsp3) is 0.600. The molecule has 2 fully saturated rings. The molecule has 7 heterocycles. The van der Waals surface area contributed by atoms with Crippen LogP contribution in [0.15, 0.2) is 69.2 Å². The number of amides is 4. The number of likely N-dealkylation sites (tertiary alicyclic amines) is 2. The van der Waals surface area contributed by atoms with Crippen LogP contribution in [0.1, 0.15) is 185 Å². The number of rotatable bonds is 47. The van der Waals surface area contributed by atoms with Crippen molar-refractivity contribution >= 4 is 128 Å². The minimum Gasteiger partial charge on any atom is -0.481 e. The second-order valence-electron chi connectivity index (χ2n) is 26.4. The van der Waals surface area contributed by atoms with Gasteiger partial charge in [-0.25, -0.2) is 0 Å². The molecule has 0 spiro atoms. The molecule has 0 bridgehead atoms. The van der Waals surface area contributed by atoms with E-state index in [1.165, 1.54) is 76.4 Å². The number of aliphatic carboxylic acids is 2. The second-order valence-corrected chi connectivity index (χ2v) is 32.5. The van der Waals surface area contributed by atoms with Gasteiger partial charge in [-0.2, -0.15) is 23.5 Å². The average Bonchev–Trinajstić information content (AvgIpc) is 1.68. The van der Waals surface area contributed by atoms with Gasteiger partial charge < -0.3 is 49.9 Å². The first-order valence-corrected chi connectivity index (χ1v) is 43.5. The Morgan fingerprint density at radius 3 is 1.47 bits per heavy atom. The number of esters is 2. The average molecular weight is 1630 g/mol. The molecular weight excluding hydrogens is 1510 g/mol. The van der Waals surface area contributed by atoms with E-state index in [-0.39, 0.29) is 75.1 Å². The minimum atomic E-state index is -0.827. The first-order chi connectivity index (χ1) is 52.2. The van der Waals surface area contributed by atoms with Crippen LogP contribution in [-0.2, 0) is 60.8 Å². The van der Waals surface area contributed by atoms with Crippen molar-refractivity contribution < 1.29 is 58.0 Å². The summed E-state index contributed by atoms with van der Waals surface area (Å²) in [6.07, 6.45) is 22.9. The smallest absolute Gasteiger partial charge is 0.310 e.